The lowest BCUT2D eigenvalue weighted by Crippen LogP contribution is -2.52. The standard InChI is InChI=1S/C15H22N2O/c1-3-4-13-5-7-14(8-6-13)15(18)17-10-9-16-11-12(17)2/h5-8,12,16H,3-4,9-11H2,1-2H3. The van der Waals surface area contributed by atoms with Crippen LogP contribution in [0.4, 0.5) is 0 Å². The summed E-state index contributed by atoms with van der Waals surface area (Å²) in [5, 5.41) is 3.30. The van der Waals surface area contributed by atoms with Crippen LogP contribution in [-0.4, -0.2) is 36.5 Å². The first-order valence-electron chi connectivity index (χ1n) is 6.83. The fourth-order valence-corrected chi connectivity index (χ4v) is 2.41. The van der Waals surface area contributed by atoms with Crippen molar-refractivity contribution in [1.29, 1.82) is 0 Å². The van der Waals surface area contributed by atoms with Gasteiger partial charge in [0.1, 0.15) is 0 Å². The molecule has 0 bridgehead atoms. The largest absolute Gasteiger partial charge is 0.333 e. The van der Waals surface area contributed by atoms with Gasteiger partial charge in [0.05, 0.1) is 0 Å². The summed E-state index contributed by atoms with van der Waals surface area (Å²) in [5.41, 5.74) is 2.12. The number of carbonyl (C=O) groups is 1. The van der Waals surface area contributed by atoms with E-state index in [1.54, 1.807) is 0 Å². The molecule has 1 fully saturated rings. The molecule has 0 spiro atoms. The molecule has 1 aromatic carbocycles. The van der Waals surface area contributed by atoms with Crippen LogP contribution in [0.1, 0.15) is 36.2 Å². The molecule has 2 rings (SSSR count). The Hall–Kier alpha value is -1.35. The number of aryl methyl sites for hydroxylation is 1. The van der Waals surface area contributed by atoms with Gasteiger partial charge in [-0.2, -0.15) is 0 Å². The predicted molar refractivity (Wildman–Crippen MR) is 73.8 cm³/mol. The Kier molecular flexibility index (Phi) is 4.37. The van der Waals surface area contributed by atoms with E-state index in [-0.39, 0.29) is 11.9 Å². The number of hydrogen-bond donors (Lipinski definition) is 1. The molecule has 0 saturated carbocycles. The second-order valence-electron chi connectivity index (χ2n) is 5.00. The van der Waals surface area contributed by atoms with E-state index in [1.165, 1.54) is 5.56 Å². The van der Waals surface area contributed by atoms with Crippen molar-refractivity contribution in [1.82, 2.24) is 10.2 Å². The number of nitrogens with zero attached hydrogens (tertiary/aromatic N) is 1. The third-order valence-electron chi connectivity index (χ3n) is 3.50. The summed E-state index contributed by atoms with van der Waals surface area (Å²) in [6, 6.07) is 8.35. The first kappa shape index (κ1) is 13.1. The molecule has 1 N–H and O–H groups in total. The van der Waals surface area contributed by atoms with E-state index in [2.05, 4.69) is 31.3 Å². The quantitative estimate of drug-likeness (QED) is 0.885. The number of rotatable bonds is 3. The molecular weight excluding hydrogens is 224 g/mol. The number of amides is 1. The highest BCUT2D eigenvalue weighted by atomic mass is 16.2. The Labute approximate surface area is 109 Å². The molecule has 1 aromatic rings. The number of nitrogens with one attached hydrogen (secondary N) is 1. The van der Waals surface area contributed by atoms with Gasteiger partial charge in [0.15, 0.2) is 0 Å². The second-order valence-corrected chi connectivity index (χ2v) is 5.00. The average molecular weight is 246 g/mol. The number of piperazine rings is 1. The summed E-state index contributed by atoms with van der Waals surface area (Å²) in [4.78, 5) is 14.3. The highest BCUT2D eigenvalue weighted by Crippen LogP contribution is 2.12. The minimum absolute atomic E-state index is 0.159. The SMILES string of the molecule is CCCc1ccc(C(=O)N2CCNCC2C)cc1. The van der Waals surface area contributed by atoms with Crippen LogP contribution in [0.25, 0.3) is 0 Å². The van der Waals surface area contributed by atoms with Crippen LogP contribution < -0.4 is 5.32 Å². The Morgan fingerprint density at radius 3 is 2.72 bits per heavy atom. The Balaban J connectivity index is 2.08. The van der Waals surface area contributed by atoms with Crippen LogP contribution in [0.3, 0.4) is 0 Å². The van der Waals surface area contributed by atoms with Crippen molar-refractivity contribution in [2.75, 3.05) is 19.6 Å². The molecular formula is C15H22N2O. The molecule has 1 saturated heterocycles. The molecule has 1 atom stereocenters. The molecule has 1 heterocycles. The van der Waals surface area contributed by atoms with E-state index in [0.717, 1.165) is 38.0 Å². The van der Waals surface area contributed by atoms with E-state index in [0.29, 0.717) is 0 Å². The van der Waals surface area contributed by atoms with Gasteiger partial charge >= 0.3 is 0 Å². The number of hydrogen-bond acceptors (Lipinski definition) is 2. The topological polar surface area (TPSA) is 32.3 Å². The maximum absolute atomic E-state index is 12.4. The van der Waals surface area contributed by atoms with Crippen molar-refractivity contribution < 1.29 is 4.79 Å². The number of benzene rings is 1. The summed E-state index contributed by atoms with van der Waals surface area (Å²) >= 11 is 0. The lowest BCUT2D eigenvalue weighted by atomic mass is 10.1. The zero-order valence-corrected chi connectivity index (χ0v) is 11.3. The van der Waals surface area contributed by atoms with E-state index < -0.39 is 0 Å². The van der Waals surface area contributed by atoms with Gasteiger partial charge in [0.2, 0.25) is 0 Å². The molecule has 0 radical (unpaired) electrons. The highest BCUT2D eigenvalue weighted by Gasteiger charge is 2.23. The molecule has 18 heavy (non-hydrogen) atoms. The smallest absolute Gasteiger partial charge is 0.254 e. The molecule has 1 aliphatic heterocycles. The van der Waals surface area contributed by atoms with Crippen molar-refractivity contribution in [2.24, 2.45) is 0 Å². The lowest BCUT2D eigenvalue weighted by molar-refractivity contribution is 0.0656. The molecule has 0 aromatic heterocycles. The molecule has 98 valence electrons. The third-order valence-corrected chi connectivity index (χ3v) is 3.50. The molecule has 0 aliphatic carbocycles. The second kappa shape index (κ2) is 6.01. The molecule has 3 heteroatoms. The molecule has 1 aliphatic rings. The molecule has 1 amide bonds. The summed E-state index contributed by atoms with van der Waals surface area (Å²) < 4.78 is 0. The summed E-state index contributed by atoms with van der Waals surface area (Å²) in [7, 11) is 0. The van der Waals surface area contributed by atoms with Crippen molar-refractivity contribution in [3.63, 3.8) is 0 Å². The van der Waals surface area contributed by atoms with Gasteiger partial charge in [-0.3, -0.25) is 4.79 Å². The van der Waals surface area contributed by atoms with Crippen LogP contribution in [0, 0.1) is 0 Å². The van der Waals surface area contributed by atoms with Gasteiger partial charge in [0.25, 0.3) is 5.91 Å². The van der Waals surface area contributed by atoms with Gasteiger partial charge in [0, 0.05) is 31.2 Å². The minimum Gasteiger partial charge on any atom is -0.333 e. The Morgan fingerprint density at radius 1 is 1.39 bits per heavy atom. The van der Waals surface area contributed by atoms with Gasteiger partial charge in [-0.1, -0.05) is 25.5 Å². The van der Waals surface area contributed by atoms with Crippen molar-refractivity contribution >= 4 is 5.91 Å². The predicted octanol–water partition coefficient (Wildman–Crippen LogP) is 2.07. The highest BCUT2D eigenvalue weighted by molar-refractivity contribution is 5.94. The first-order chi connectivity index (χ1) is 8.72. The zero-order valence-electron chi connectivity index (χ0n) is 11.3. The van der Waals surface area contributed by atoms with E-state index in [4.69, 9.17) is 0 Å². The monoisotopic (exact) mass is 246 g/mol. The Morgan fingerprint density at radius 2 is 2.11 bits per heavy atom. The lowest BCUT2D eigenvalue weighted by Gasteiger charge is -2.34. The summed E-state index contributed by atoms with van der Waals surface area (Å²) in [6.45, 7) is 6.84. The fraction of sp³-hybridized carbons (Fsp3) is 0.533. The van der Waals surface area contributed by atoms with Gasteiger partial charge in [-0.25, -0.2) is 0 Å². The maximum atomic E-state index is 12.4. The average Bonchev–Trinajstić information content (AvgIpc) is 2.40. The first-order valence-corrected chi connectivity index (χ1v) is 6.83. The van der Waals surface area contributed by atoms with Crippen LogP contribution in [0.15, 0.2) is 24.3 Å². The minimum atomic E-state index is 0.159. The van der Waals surface area contributed by atoms with Crippen molar-refractivity contribution in [2.45, 2.75) is 32.7 Å². The zero-order chi connectivity index (χ0) is 13.0. The maximum Gasteiger partial charge on any atom is 0.254 e. The van der Waals surface area contributed by atoms with E-state index in [1.807, 2.05) is 17.0 Å². The van der Waals surface area contributed by atoms with Crippen molar-refractivity contribution in [3.05, 3.63) is 35.4 Å². The van der Waals surface area contributed by atoms with Crippen LogP contribution in [-0.2, 0) is 6.42 Å². The van der Waals surface area contributed by atoms with Gasteiger partial charge in [-0.05, 0) is 31.0 Å². The summed E-state index contributed by atoms with van der Waals surface area (Å²) in [5.74, 6) is 0.159. The molecule has 1 unspecified atom stereocenters. The normalized spacial score (nSPS) is 19.9. The fourth-order valence-electron chi connectivity index (χ4n) is 2.41. The van der Waals surface area contributed by atoms with Crippen LogP contribution in [0.5, 0.6) is 0 Å². The van der Waals surface area contributed by atoms with Gasteiger partial charge < -0.3 is 10.2 Å². The van der Waals surface area contributed by atoms with Crippen LogP contribution in [0.2, 0.25) is 0 Å². The van der Waals surface area contributed by atoms with Crippen LogP contribution >= 0.6 is 0 Å². The summed E-state index contributed by atoms with van der Waals surface area (Å²) in [6.07, 6.45) is 2.22. The number of carbonyl (C=O) groups excluding carboxylic acids is 1. The van der Waals surface area contributed by atoms with Gasteiger partial charge in [-0.15, -0.1) is 0 Å². The van der Waals surface area contributed by atoms with E-state index >= 15 is 0 Å². The third kappa shape index (κ3) is 2.91. The molecule has 3 nitrogen and oxygen atoms in total. The Bertz CT molecular complexity index is 399. The van der Waals surface area contributed by atoms with E-state index in [9.17, 15) is 4.79 Å². The van der Waals surface area contributed by atoms with Crippen molar-refractivity contribution in [3.8, 4) is 0 Å².